The summed E-state index contributed by atoms with van der Waals surface area (Å²) in [6, 6.07) is 2.82. The molecule has 21 heavy (non-hydrogen) atoms. The summed E-state index contributed by atoms with van der Waals surface area (Å²) in [5.74, 6) is -1.67. The van der Waals surface area contributed by atoms with E-state index >= 15 is 0 Å². The molecule has 0 radical (unpaired) electrons. The third kappa shape index (κ3) is 2.89. The number of nitrogens with zero attached hydrogens (tertiary/aromatic N) is 2. The lowest BCUT2D eigenvalue weighted by molar-refractivity contribution is -0.140. The number of hydrogen-bond acceptors (Lipinski definition) is 3. The van der Waals surface area contributed by atoms with Crippen molar-refractivity contribution in [3.63, 3.8) is 0 Å². The molecular weight excluding hydrogens is 270 g/mol. The third-order valence-electron chi connectivity index (χ3n) is 3.38. The Morgan fingerprint density at radius 2 is 1.95 bits per heavy atom. The normalized spacial score (nSPS) is 12.6. The van der Waals surface area contributed by atoms with Crippen LogP contribution in [0.25, 0.3) is 5.65 Å². The van der Waals surface area contributed by atoms with E-state index in [4.69, 9.17) is 0 Å². The van der Waals surface area contributed by atoms with Crippen LogP contribution in [0.5, 0.6) is 0 Å². The average Bonchev–Trinajstić information content (AvgIpc) is 2.70. The molecule has 0 aromatic carbocycles. The zero-order valence-corrected chi connectivity index (χ0v) is 12.5. The average molecular weight is 289 g/mol. The third-order valence-corrected chi connectivity index (χ3v) is 3.38. The molecule has 112 valence electrons. The Kier molecular flexibility index (Phi) is 3.97. The molecule has 1 atom stereocenters. The number of carboxylic acids is 1. The van der Waals surface area contributed by atoms with Crippen LogP contribution in [0.4, 0.5) is 0 Å². The van der Waals surface area contributed by atoms with Gasteiger partial charge in [-0.05, 0) is 31.4 Å². The number of carbonyl (C=O) groups is 2. The maximum atomic E-state index is 12.4. The lowest BCUT2D eigenvalue weighted by Gasteiger charge is -2.18. The van der Waals surface area contributed by atoms with Crippen molar-refractivity contribution in [2.24, 2.45) is 5.92 Å². The van der Waals surface area contributed by atoms with Crippen LogP contribution in [0.15, 0.2) is 18.3 Å². The summed E-state index contributed by atoms with van der Waals surface area (Å²) in [4.78, 5) is 28.0. The highest BCUT2D eigenvalue weighted by atomic mass is 16.4. The zero-order chi connectivity index (χ0) is 15.7. The first-order valence-corrected chi connectivity index (χ1v) is 6.80. The monoisotopic (exact) mass is 289 g/mol. The van der Waals surface area contributed by atoms with Gasteiger partial charge in [-0.3, -0.25) is 9.20 Å². The predicted octanol–water partition coefficient (Wildman–Crippen LogP) is 1.79. The fraction of sp³-hybridized carbons (Fsp3) is 0.400. The molecule has 0 aliphatic rings. The van der Waals surface area contributed by atoms with Crippen LogP contribution in [0, 0.1) is 19.8 Å². The maximum Gasteiger partial charge on any atom is 0.326 e. The van der Waals surface area contributed by atoms with Gasteiger partial charge in [0.1, 0.15) is 17.4 Å². The summed E-state index contributed by atoms with van der Waals surface area (Å²) < 4.78 is 1.69. The van der Waals surface area contributed by atoms with Crippen LogP contribution in [0.3, 0.4) is 0 Å². The first-order valence-electron chi connectivity index (χ1n) is 6.80. The number of amides is 1. The molecule has 6 nitrogen and oxygen atoms in total. The van der Waals surface area contributed by atoms with Gasteiger partial charge in [0.2, 0.25) is 0 Å². The van der Waals surface area contributed by atoms with Crippen molar-refractivity contribution in [2.75, 3.05) is 0 Å². The van der Waals surface area contributed by atoms with E-state index in [9.17, 15) is 14.7 Å². The number of imidazole rings is 1. The number of aliphatic carboxylic acids is 1. The quantitative estimate of drug-likeness (QED) is 0.898. The van der Waals surface area contributed by atoms with Crippen molar-refractivity contribution in [1.29, 1.82) is 0 Å². The fourth-order valence-corrected chi connectivity index (χ4v) is 2.27. The number of rotatable bonds is 4. The van der Waals surface area contributed by atoms with Crippen molar-refractivity contribution < 1.29 is 14.7 Å². The molecule has 6 heteroatoms. The Labute approximate surface area is 122 Å². The predicted molar refractivity (Wildman–Crippen MR) is 78.4 cm³/mol. The van der Waals surface area contributed by atoms with Crippen LogP contribution in [-0.4, -0.2) is 32.4 Å². The molecule has 2 heterocycles. The van der Waals surface area contributed by atoms with E-state index in [0.29, 0.717) is 17.0 Å². The van der Waals surface area contributed by atoms with Crippen molar-refractivity contribution in [1.82, 2.24) is 14.7 Å². The largest absolute Gasteiger partial charge is 0.480 e. The summed E-state index contributed by atoms with van der Waals surface area (Å²) >= 11 is 0. The minimum Gasteiger partial charge on any atom is -0.480 e. The van der Waals surface area contributed by atoms with E-state index in [1.165, 1.54) is 0 Å². The van der Waals surface area contributed by atoms with Crippen LogP contribution in [0.1, 0.15) is 35.6 Å². The second-order valence-corrected chi connectivity index (χ2v) is 5.51. The van der Waals surface area contributed by atoms with Gasteiger partial charge < -0.3 is 10.4 Å². The lowest BCUT2D eigenvalue weighted by Crippen LogP contribution is -2.44. The van der Waals surface area contributed by atoms with Gasteiger partial charge in [0.25, 0.3) is 5.91 Å². The molecule has 1 unspecified atom stereocenters. The van der Waals surface area contributed by atoms with Gasteiger partial charge >= 0.3 is 5.97 Å². The van der Waals surface area contributed by atoms with Gasteiger partial charge in [0.15, 0.2) is 0 Å². The molecule has 0 aliphatic heterocycles. The Morgan fingerprint density at radius 1 is 1.29 bits per heavy atom. The van der Waals surface area contributed by atoms with Gasteiger partial charge in [-0.1, -0.05) is 19.9 Å². The van der Waals surface area contributed by atoms with Crippen molar-refractivity contribution in [2.45, 2.75) is 33.7 Å². The summed E-state index contributed by atoms with van der Waals surface area (Å²) in [5, 5.41) is 11.8. The highest BCUT2D eigenvalue weighted by molar-refractivity contribution is 5.97. The number of hydrogen-bond donors (Lipinski definition) is 2. The second kappa shape index (κ2) is 5.55. The Balaban J connectivity index is 2.41. The number of aromatic nitrogens is 2. The van der Waals surface area contributed by atoms with Gasteiger partial charge in [0, 0.05) is 6.20 Å². The van der Waals surface area contributed by atoms with Gasteiger partial charge in [-0.25, -0.2) is 9.78 Å². The van der Waals surface area contributed by atoms with E-state index < -0.39 is 17.9 Å². The number of pyridine rings is 1. The summed E-state index contributed by atoms with van der Waals surface area (Å²) in [6.45, 7) is 7.17. The highest BCUT2D eigenvalue weighted by Gasteiger charge is 2.26. The number of fused-ring (bicyclic) bond motifs is 1. The minimum atomic E-state index is -1.04. The summed E-state index contributed by atoms with van der Waals surface area (Å²) in [5.41, 5.74) is 2.61. The number of carbonyl (C=O) groups excluding carboxylic acids is 1. The molecule has 0 saturated carbocycles. The molecule has 0 bridgehead atoms. The van der Waals surface area contributed by atoms with E-state index in [0.717, 1.165) is 5.56 Å². The smallest absolute Gasteiger partial charge is 0.326 e. The molecule has 2 N–H and O–H groups in total. The van der Waals surface area contributed by atoms with E-state index in [1.54, 1.807) is 25.2 Å². The zero-order valence-electron chi connectivity index (χ0n) is 12.5. The summed E-state index contributed by atoms with van der Waals surface area (Å²) in [7, 11) is 0. The minimum absolute atomic E-state index is 0.201. The molecule has 2 rings (SSSR count). The first kappa shape index (κ1) is 15.0. The van der Waals surface area contributed by atoms with Crippen LogP contribution < -0.4 is 5.32 Å². The number of aryl methyl sites for hydroxylation is 2. The second-order valence-electron chi connectivity index (χ2n) is 5.51. The van der Waals surface area contributed by atoms with Crippen molar-refractivity contribution >= 4 is 17.5 Å². The fourth-order valence-electron chi connectivity index (χ4n) is 2.27. The van der Waals surface area contributed by atoms with Gasteiger partial charge in [-0.15, -0.1) is 0 Å². The van der Waals surface area contributed by atoms with Gasteiger partial charge in [-0.2, -0.15) is 0 Å². The Hall–Kier alpha value is -2.37. The van der Waals surface area contributed by atoms with Crippen LogP contribution in [-0.2, 0) is 4.79 Å². The molecule has 0 saturated heterocycles. The molecule has 0 fully saturated rings. The SMILES string of the molecule is Cc1ccc2nc(C)c(C(=O)NC(C(=O)O)C(C)C)n2c1. The first-order chi connectivity index (χ1) is 9.81. The van der Waals surface area contributed by atoms with Crippen molar-refractivity contribution in [3.8, 4) is 0 Å². The van der Waals surface area contributed by atoms with E-state index in [-0.39, 0.29) is 5.92 Å². The highest BCUT2D eigenvalue weighted by Crippen LogP contribution is 2.14. The van der Waals surface area contributed by atoms with E-state index in [1.807, 2.05) is 25.3 Å². The van der Waals surface area contributed by atoms with E-state index in [2.05, 4.69) is 10.3 Å². The molecule has 2 aromatic heterocycles. The Bertz CT molecular complexity index is 703. The molecule has 1 amide bonds. The number of nitrogens with one attached hydrogen (secondary N) is 1. The summed E-state index contributed by atoms with van der Waals surface area (Å²) in [6.07, 6.45) is 1.81. The molecule has 2 aromatic rings. The van der Waals surface area contributed by atoms with Crippen LogP contribution in [0.2, 0.25) is 0 Å². The van der Waals surface area contributed by atoms with Gasteiger partial charge in [0.05, 0.1) is 5.69 Å². The molecular formula is C15H19N3O3. The topological polar surface area (TPSA) is 83.7 Å². The maximum absolute atomic E-state index is 12.4. The lowest BCUT2D eigenvalue weighted by atomic mass is 10.0. The molecule has 0 aliphatic carbocycles. The molecule has 0 spiro atoms. The Morgan fingerprint density at radius 3 is 2.52 bits per heavy atom. The van der Waals surface area contributed by atoms with Crippen molar-refractivity contribution in [3.05, 3.63) is 35.3 Å². The van der Waals surface area contributed by atoms with Crippen LogP contribution >= 0.6 is 0 Å². The number of carboxylic acid groups (broad SMARTS) is 1. The standard InChI is InChI=1S/C15H19N3O3/c1-8(2)12(15(20)21)17-14(19)13-10(4)16-11-6-5-9(3)7-18(11)13/h5-8,12H,1-4H3,(H,17,19)(H,20,21).